The molecule has 1 unspecified atom stereocenters. The molecule has 3 rings (SSSR count). The number of piperidine rings is 1. The number of rotatable bonds is 4. The predicted octanol–water partition coefficient (Wildman–Crippen LogP) is 0.700. The number of amides is 1. The second kappa shape index (κ2) is 7.79. The fourth-order valence-electron chi connectivity index (χ4n) is 3.47. The van der Waals surface area contributed by atoms with E-state index in [0.717, 1.165) is 25.1 Å². The summed E-state index contributed by atoms with van der Waals surface area (Å²) in [5.41, 5.74) is 1.03. The summed E-state index contributed by atoms with van der Waals surface area (Å²) in [6.07, 6.45) is 1.43. The van der Waals surface area contributed by atoms with E-state index in [-0.39, 0.29) is 17.7 Å². The average molecular weight is 348 g/mol. The number of likely N-dealkylation sites (tertiary alicyclic amines) is 1. The van der Waals surface area contributed by atoms with Gasteiger partial charge in [-0.3, -0.25) is 19.8 Å². The topological polar surface area (TPSA) is 90.2 Å². The Morgan fingerprint density at radius 1 is 1.16 bits per heavy atom. The second-order valence-corrected chi connectivity index (χ2v) is 6.67. The molecule has 0 radical (unpaired) electrons. The molecule has 0 saturated carbocycles. The Labute approximate surface area is 146 Å². The van der Waals surface area contributed by atoms with E-state index in [9.17, 15) is 20.0 Å². The van der Waals surface area contributed by atoms with Crippen molar-refractivity contribution in [3.63, 3.8) is 0 Å². The predicted molar refractivity (Wildman–Crippen MR) is 93.6 cm³/mol. The lowest BCUT2D eigenvalue weighted by Crippen LogP contribution is -2.52. The summed E-state index contributed by atoms with van der Waals surface area (Å²) in [6.45, 7) is 4.53. The van der Waals surface area contributed by atoms with Gasteiger partial charge in [-0.05, 0) is 31.5 Å². The third-order valence-electron chi connectivity index (χ3n) is 4.90. The number of nitro benzene ring substituents is 1. The van der Waals surface area contributed by atoms with Crippen LogP contribution in [0.15, 0.2) is 24.3 Å². The van der Waals surface area contributed by atoms with Gasteiger partial charge in [0.2, 0.25) is 5.91 Å². The van der Waals surface area contributed by atoms with Crippen LogP contribution in [0.4, 0.5) is 11.4 Å². The van der Waals surface area contributed by atoms with E-state index in [1.54, 1.807) is 12.1 Å². The fraction of sp³-hybridized carbons (Fsp3) is 0.588. The number of anilines is 1. The average Bonchev–Trinajstić information content (AvgIpc) is 2.62. The van der Waals surface area contributed by atoms with Crippen molar-refractivity contribution in [2.75, 3.05) is 50.7 Å². The molecule has 2 aliphatic rings. The molecule has 0 aliphatic carbocycles. The Hall–Kier alpha value is -2.19. The third-order valence-corrected chi connectivity index (χ3v) is 4.90. The van der Waals surface area contributed by atoms with Crippen LogP contribution in [0.5, 0.6) is 0 Å². The minimum absolute atomic E-state index is 0.0845. The summed E-state index contributed by atoms with van der Waals surface area (Å²) in [4.78, 5) is 28.8. The maximum absolute atomic E-state index is 12.4. The lowest BCUT2D eigenvalue weighted by atomic mass is 10.1. The third kappa shape index (κ3) is 4.46. The molecule has 8 nitrogen and oxygen atoms in total. The number of aliphatic hydroxyl groups excluding tert-OH is 1. The van der Waals surface area contributed by atoms with Crippen LogP contribution in [0.2, 0.25) is 0 Å². The van der Waals surface area contributed by atoms with Gasteiger partial charge in [-0.25, -0.2) is 0 Å². The smallest absolute Gasteiger partial charge is 0.269 e. The minimum atomic E-state index is -0.405. The van der Waals surface area contributed by atoms with Gasteiger partial charge >= 0.3 is 0 Å². The van der Waals surface area contributed by atoms with Crippen LogP contribution in [0.1, 0.15) is 12.8 Å². The van der Waals surface area contributed by atoms with E-state index in [4.69, 9.17) is 0 Å². The van der Waals surface area contributed by atoms with Crippen LogP contribution in [-0.2, 0) is 4.79 Å². The highest BCUT2D eigenvalue weighted by Gasteiger charge is 2.25. The zero-order valence-electron chi connectivity index (χ0n) is 14.2. The minimum Gasteiger partial charge on any atom is -0.392 e. The molecule has 2 aliphatic heterocycles. The van der Waals surface area contributed by atoms with Crippen molar-refractivity contribution in [3.05, 3.63) is 34.4 Å². The molecule has 1 atom stereocenters. The van der Waals surface area contributed by atoms with Gasteiger partial charge in [0.25, 0.3) is 5.69 Å². The molecule has 2 saturated heterocycles. The molecule has 1 aromatic carbocycles. The molecular formula is C17H24N4O4. The Morgan fingerprint density at radius 3 is 2.44 bits per heavy atom. The molecule has 1 amide bonds. The van der Waals surface area contributed by atoms with Gasteiger partial charge in [-0.2, -0.15) is 0 Å². The van der Waals surface area contributed by atoms with Crippen molar-refractivity contribution in [1.29, 1.82) is 0 Å². The first kappa shape index (κ1) is 17.6. The van der Waals surface area contributed by atoms with Gasteiger partial charge in [-0.1, -0.05) is 0 Å². The number of carbonyl (C=O) groups is 1. The summed E-state index contributed by atoms with van der Waals surface area (Å²) in [5.74, 6) is 0.109. The highest BCUT2D eigenvalue weighted by molar-refractivity contribution is 5.78. The number of aliphatic hydroxyl groups is 1. The van der Waals surface area contributed by atoms with Crippen LogP contribution in [0.25, 0.3) is 0 Å². The monoisotopic (exact) mass is 348 g/mol. The molecule has 2 fully saturated rings. The van der Waals surface area contributed by atoms with Crippen LogP contribution >= 0.6 is 0 Å². The first-order chi connectivity index (χ1) is 12.0. The Balaban J connectivity index is 1.49. The Bertz CT molecular complexity index is 614. The molecular weight excluding hydrogens is 324 g/mol. The van der Waals surface area contributed by atoms with Gasteiger partial charge < -0.3 is 14.9 Å². The second-order valence-electron chi connectivity index (χ2n) is 6.67. The van der Waals surface area contributed by atoms with Crippen molar-refractivity contribution in [1.82, 2.24) is 9.80 Å². The van der Waals surface area contributed by atoms with Crippen LogP contribution in [0.3, 0.4) is 0 Å². The van der Waals surface area contributed by atoms with E-state index in [1.807, 2.05) is 9.80 Å². The van der Waals surface area contributed by atoms with E-state index in [0.29, 0.717) is 39.3 Å². The lowest BCUT2D eigenvalue weighted by molar-refractivity contribution is -0.384. The standard InChI is InChI=1S/C17H24N4O4/c22-16-2-1-7-18(12-16)13-17(23)20-10-8-19(9-11-20)14-3-5-15(6-4-14)21(24)25/h3-6,16,22H,1-2,7-13H2. The van der Waals surface area contributed by atoms with E-state index >= 15 is 0 Å². The molecule has 0 spiro atoms. The normalized spacial score (nSPS) is 22.0. The number of non-ortho nitro benzene ring substituents is 1. The molecule has 1 aromatic rings. The molecule has 136 valence electrons. The zero-order chi connectivity index (χ0) is 17.8. The number of benzene rings is 1. The number of hydrogen-bond acceptors (Lipinski definition) is 6. The van der Waals surface area contributed by atoms with Gasteiger partial charge in [0.15, 0.2) is 0 Å². The van der Waals surface area contributed by atoms with Crippen molar-refractivity contribution in [3.8, 4) is 0 Å². The van der Waals surface area contributed by atoms with Crippen LogP contribution in [-0.4, -0.2) is 77.7 Å². The number of nitrogens with zero attached hydrogens (tertiary/aromatic N) is 4. The van der Waals surface area contributed by atoms with Crippen molar-refractivity contribution in [2.45, 2.75) is 18.9 Å². The van der Waals surface area contributed by atoms with E-state index < -0.39 is 4.92 Å². The zero-order valence-corrected chi connectivity index (χ0v) is 14.2. The van der Waals surface area contributed by atoms with Crippen LogP contribution < -0.4 is 4.90 Å². The summed E-state index contributed by atoms with van der Waals surface area (Å²) < 4.78 is 0. The molecule has 2 heterocycles. The SMILES string of the molecule is O=C(CN1CCCC(O)C1)N1CCN(c2ccc([N+](=O)[O-])cc2)CC1. The fourth-order valence-corrected chi connectivity index (χ4v) is 3.47. The van der Waals surface area contributed by atoms with E-state index in [1.165, 1.54) is 12.1 Å². The Morgan fingerprint density at radius 2 is 1.84 bits per heavy atom. The van der Waals surface area contributed by atoms with Gasteiger partial charge in [0.1, 0.15) is 0 Å². The van der Waals surface area contributed by atoms with Crippen molar-refractivity contribution in [2.24, 2.45) is 0 Å². The Kier molecular flexibility index (Phi) is 5.50. The highest BCUT2D eigenvalue weighted by atomic mass is 16.6. The number of carbonyl (C=O) groups excluding carboxylic acids is 1. The van der Waals surface area contributed by atoms with Crippen molar-refractivity contribution < 1.29 is 14.8 Å². The van der Waals surface area contributed by atoms with Gasteiger partial charge in [0.05, 0.1) is 17.6 Å². The largest absolute Gasteiger partial charge is 0.392 e. The van der Waals surface area contributed by atoms with Crippen molar-refractivity contribution >= 4 is 17.3 Å². The summed E-state index contributed by atoms with van der Waals surface area (Å²) in [6, 6.07) is 6.53. The highest BCUT2D eigenvalue weighted by Crippen LogP contribution is 2.20. The molecule has 0 aromatic heterocycles. The number of piperazine rings is 1. The first-order valence-corrected chi connectivity index (χ1v) is 8.70. The van der Waals surface area contributed by atoms with Gasteiger partial charge in [0, 0.05) is 50.5 Å². The quantitative estimate of drug-likeness (QED) is 0.636. The number of hydrogen-bond donors (Lipinski definition) is 1. The maximum Gasteiger partial charge on any atom is 0.269 e. The van der Waals surface area contributed by atoms with Gasteiger partial charge in [-0.15, -0.1) is 0 Å². The first-order valence-electron chi connectivity index (χ1n) is 8.70. The molecule has 8 heteroatoms. The molecule has 1 N–H and O–H groups in total. The molecule has 0 bridgehead atoms. The number of β-amino-alcohol motifs (C(OH)–C–C–N with tert-alkyl or cyclic N) is 1. The molecule has 25 heavy (non-hydrogen) atoms. The lowest BCUT2D eigenvalue weighted by Gasteiger charge is -2.37. The van der Waals surface area contributed by atoms with Crippen LogP contribution in [0, 0.1) is 10.1 Å². The van der Waals surface area contributed by atoms with E-state index in [2.05, 4.69) is 4.90 Å². The summed E-state index contributed by atoms with van der Waals surface area (Å²) in [5, 5.41) is 20.4. The summed E-state index contributed by atoms with van der Waals surface area (Å²) in [7, 11) is 0. The summed E-state index contributed by atoms with van der Waals surface area (Å²) >= 11 is 0. The maximum atomic E-state index is 12.4. The number of nitro groups is 1.